The van der Waals surface area contributed by atoms with Gasteiger partial charge < -0.3 is 15.4 Å². The van der Waals surface area contributed by atoms with Crippen LogP contribution in [0.4, 0.5) is 5.69 Å². The van der Waals surface area contributed by atoms with Gasteiger partial charge in [-0.15, -0.1) is 0 Å². The van der Waals surface area contributed by atoms with E-state index in [2.05, 4.69) is 24.5 Å². The second-order valence-electron chi connectivity index (χ2n) is 5.85. The second-order valence-corrected chi connectivity index (χ2v) is 5.85. The lowest BCUT2D eigenvalue weighted by atomic mass is 10.1. The molecule has 23 heavy (non-hydrogen) atoms. The van der Waals surface area contributed by atoms with Crippen LogP contribution in [0.15, 0.2) is 48.5 Å². The van der Waals surface area contributed by atoms with Crippen molar-refractivity contribution in [2.24, 2.45) is 5.92 Å². The SMILES string of the molecule is COc1ccccc1CNc1cccc(C(=O)NCC(C)C)c1. The van der Waals surface area contributed by atoms with Crippen LogP contribution in [0.25, 0.3) is 0 Å². The Balaban J connectivity index is 2.01. The third-order valence-electron chi connectivity index (χ3n) is 3.47. The highest BCUT2D eigenvalue weighted by Crippen LogP contribution is 2.19. The standard InChI is InChI=1S/C19H24N2O2/c1-14(2)12-21-19(22)15-8-6-9-17(11-15)20-13-16-7-4-5-10-18(16)23-3/h4-11,14,20H,12-13H2,1-3H3,(H,21,22). The lowest BCUT2D eigenvalue weighted by molar-refractivity contribution is 0.0949. The first-order valence-corrected chi connectivity index (χ1v) is 7.84. The van der Waals surface area contributed by atoms with Crippen molar-refractivity contribution in [3.05, 3.63) is 59.7 Å². The summed E-state index contributed by atoms with van der Waals surface area (Å²) in [4.78, 5) is 12.1. The Hall–Kier alpha value is -2.49. The summed E-state index contributed by atoms with van der Waals surface area (Å²) in [5.74, 6) is 1.25. The van der Waals surface area contributed by atoms with Crippen LogP contribution in [-0.4, -0.2) is 19.6 Å². The number of anilines is 1. The number of methoxy groups -OCH3 is 1. The molecule has 0 spiro atoms. The van der Waals surface area contributed by atoms with E-state index in [0.29, 0.717) is 24.6 Å². The largest absolute Gasteiger partial charge is 0.496 e. The molecule has 0 aliphatic heterocycles. The maximum atomic E-state index is 12.1. The number of carbonyl (C=O) groups is 1. The van der Waals surface area contributed by atoms with E-state index in [4.69, 9.17) is 4.74 Å². The van der Waals surface area contributed by atoms with Gasteiger partial charge in [-0.05, 0) is 30.2 Å². The molecule has 0 atom stereocenters. The number of rotatable bonds is 7. The van der Waals surface area contributed by atoms with Crippen LogP contribution >= 0.6 is 0 Å². The lowest BCUT2D eigenvalue weighted by Crippen LogP contribution is -2.27. The number of carbonyl (C=O) groups excluding carboxylic acids is 1. The molecular formula is C19H24N2O2. The van der Waals surface area contributed by atoms with Gasteiger partial charge in [0.15, 0.2) is 0 Å². The summed E-state index contributed by atoms with van der Waals surface area (Å²) in [5, 5.41) is 6.27. The Labute approximate surface area is 137 Å². The average molecular weight is 312 g/mol. The fourth-order valence-corrected chi connectivity index (χ4v) is 2.22. The molecule has 4 nitrogen and oxygen atoms in total. The highest BCUT2D eigenvalue weighted by atomic mass is 16.5. The predicted molar refractivity (Wildman–Crippen MR) is 93.9 cm³/mol. The van der Waals surface area contributed by atoms with Crippen LogP contribution in [0.5, 0.6) is 5.75 Å². The first-order valence-electron chi connectivity index (χ1n) is 7.84. The van der Waals surface area contributed by atoms with Crippen molar-refractivity contribution >= 4 is 11.6 Å². The second kappa shape index (κ2) is 8.22. The molecule has 122 valence electrons. The molecule has 2 rings (SSSR count). The minimum Gasteiger partial charge on any atom is -0.496 e. The van der Waals surface area contributed by atoms with Crippen molar-refractivity contribution in [2.75, 3.05) is 19.0 Å². The molecule has 0 bridgehead atoms. The van der Waals surface area contributed by atoms with Crippen molar-refractivity contribution in [1.29, 1.82) is 0 Å². The van der Waals surface area contributed by atoms with Gasteiger partial charge in [0.1, 0.15) is 5.75 Å². The van der Waals surface area contributed by atoms with Gasteiger partial charge in [0.05, 0.1) is 7.11 Å². The molecule has 0 aromatic heterocycles. The van der Waals surface area contributed by atoms with E-state index in [9.17, 15) is 4.79 Å². The van der Waals surface area contributed by atoms with E-state index in [-0.39, 0.29) is 5.91 Å². The number of hydrogen-bond donors (Lipinski definition) is 2. The Kier molecular flexibility index (Phi) is 6.03. The molecule has 2 aromatic rings. The van der Waals surface area contributed by atoms with Gasteiger partial charge >= 0.3 is 0 Å². The molecule has 2 N–H and O–H groups in total. The van der Waals surface area contributed by atoms with Crippen molar-refractivity contribution < 1.29 is 9.53 Å². The van der Waals surface area contributed by atoms with Gasteiger partial charge in [0.25, 0.3) is 5.91 Å². The molecule has 0 fully saturated rings. The van der Waals surface area contributed by atoms with E-state index in [1.165, 1.54) is 0 Å². The van der Waals surface area contributed by atoms with Crippen LogP contribution in [-0.2, 0) is 6.54 Å². The minimum absolute atomic E-state index is 0.0420. The van der Waals surface area contributed by atoms with Crippen LogP contribution in [0.2, 0.25) is 0 Å². The maximum absolute atomic E-state index is 12.1. The van der Waals surface area contributed by atoms with Crippen LogP contribution in [0.1, 0.15) is 29.8 Å². The molecule has 0 saturated carbocycles. The molecular weight excluding hydrogens is 288 g/mol. The fraction of sp³-hybridized carbons (Fsp3) is 0.316. The summed E-state index contributed by atoms with van der Waals surface area (Å²) in [6.07, 6.45) is 0. The Morgan fingerprint density at radius 1 is 1.13 bits per heavy atom. The molecule has 0 heterocycles. The van der Waals surface area contributed by atoms with Gasteiger partial charge in [0, 0.05) is 29.9 Å². The number of hydrogen-bond acceptors (Lipinski definition) is 3. The number of ether oxygens (including phenoxy) is 1. The Morgan fingerprint density at radius 2 is 1.91 bits per heavy atom. The zero-order valence-electron chi connectivity index (χ0n) is 13.9. The number of nitrogens with one attached hydrogen (secondary N) is 2. The summed E-state index contributed by atoms with van der Waals surface area (Å²) in [6.45, 7) is 5.47. The fourth-order valence-electron chi connectivity index (χ4n) is 2.22. The molecule has 0 saturated heterocycles. The van der Waals surface area contributed by atoms with E-state index >= 15 is 0 Å². The number of para-hydroxylation sites is 1. The van der Waals surface area contributed by atoms with E-state index < -0.39 is 0 Å². The summed E-state index contributed by atoms with van der Waals surface area (Å²) in [6, 6.07) is 15.4. The summed E-state index contributed by atoms with van der Waals surface area (Å²) in [7, 11) is 1.67. The third kappa shape index (κ3) is 5.02. The Morgan fingerprint density at radius 3 is 2.65 bits per heavy atom. The minimum atomic E-state index is -0.0420. The highest BCUT2D eigenvalue weighted by Gasteiger charge is 2.07. The monoisotopic (exact) mass is 312 g/mol. The van der Waals surface area contributed by atoms with Crippen molar-refractivity contribution in [3.63, 3.8) is 0 Å². The van der Waals surface area contributed by atoms with Gasteiger partial charge in [-0.1, -0.05) is 38.1 Å². The van der Waals surface area contributed by atoms with Gasteiger partial charge in [-0.2, -0.15) is 0 Å². The number of amides is 1. The first-order chi connectivity index (χ1) is 11.1. The van der Waals surface area contributed by atoms with E-state index in [1.807, 2.05) is 48.5 Å². The van der Waals surface area contributed by atoms with Crippen molar-refractivity contribution in [3.8, 4) is 5.75 Å². The molecule has 4 heteroatoms. The van der Waals surface area contributed by atoms with Gasteiger partial charge in [-0.25, -0.2) is 0 Å². The predicted octanol–water partition coefficient (Wildman–Crippen LogP) is 3.69. The normalized spacial score (nSPS) is 10.4. The first kappa shape index (κ1) is 16.9. The maximum Gasteiger partial charge on any atom is 0.251 e. The Bertz CT molecular complexity index is 653. The highest BCUT2D eigenvalue weighted by molar-refractivity contribution is 5.95. The van der Waals surface area contributed by atoms with Crippen LogP contribution in [0, 0.1) is 5.92 Å². The van der Waals surface area contributed by atoms with Crippen LogP contribution in [0.3, 0.4) is 0 Å². The summed E-state index contributed by atoms with van der Waals surface area (Å²) >= 11 is 0. The molecule has 0 aliphatic carbocycles. The lowest BCUT2D eigenvalue weighted by Gasteiger charge is -2.12. The summed E-state index contributed by atoms with van der Waals surface area (Å²) in [5.41, 5.74) is 2.65. The van der Waals surface area contributed by atoms with Gasteiger partial charge in [0.2, 0.25) is 0 Å². The van der Waals surface area contributed by atoms with Gasteiger partial charge in [-0.3, -0.25) is 4.79 Å². The van der Waals surface area contributed by atoms with E-state index in [0.717, 1.165) is 17.0 Å². The average Bonchev–Trinajstić information content (AvgIpc) is 2.58. The molecule has 2 aromatic carbocycles. The number of benzene rings is 2. The van der Waals surface area contributed by atoms with Crippen LogP contribution < -0.4 is 15.4 Å². The zero-order chi connectivity index (χ0) is 16.7. The molecule has 0 aliphatic rings. The molecule has 0 radical (unpaired) electrons. The summed E-state index contributed by atoms with van der Waals surface area (Å²) < 4.78 is 5.35. The zero-order valence-corrected chi connectivity index (χ0v) is 13.9. The van der Waals surface area contributed by atoms with Crippen molar-refractivity contribution in [2.45, 2.75) is 20.4 Å². The van der Waals surface area contributed by atoms with Crippen molar-refractivity contribution in [1.82, 2.24) is 5.32 Å². The quantitative estimate of drug-likeness (QED) is 0.820. The smallest absolute Gasteiger partial charge is 0.251 e. The third-order valence-corrected chi connectivity index (χ3v) is 3.47. The molecule has 0 unspecified atom stereocenters. The topological polar surface area (TPSA) is 50.4 Å². The van der Waals surface area contributed by atoms with E-state index in [1.54, 1.807) is 7.11 Å². The molecule has 1 amide bonds.